The topological polar surface area (TPSA) is 78.9 Å². The molecule has 2 N–H and O–H groups in total. The summed E-state index contributed by atoms with van der Waals surface area (Å²) in [6.45, 7) is 2.75. The van der Waals surface area contributed by atoms with E-state index in [1.165, 1.54) is 6.92 Å². The predicted octanol–water partition coefficient (Wildman–Crippen LogP) is 4.13. The summed E-state index contributed by atoms with van der Waals surface area (Å²) in [5, 5.41) is 16.0. The van der Waals surface area contributed by atoms with Crippen molar-refractivity contribution in [2.24, 2.45) is 0 Å². The molecular formula is C26H30Cl2N2O4. The Labute approximate surface area is 210 Å². The lowest BCUT2D eigenvalue weighted by Crippen LogP contribution is -2.66. The van der Waals surface area contributed by atoms with Crippen LogP contribution in [0.25, 0.3) is 0 Å². The normalized spacial score (nSPS) is 27.0. The molecule has 8 heteroatoms. The van der Waals surface area contributed by atoms with Crippen LogP contribution in [0.1, 0.15) is 43.7 Å². The van der Waals surface area contributed by atoms with Gasteiger partial charge in [-0.05, 0) is 74.7 Å². The fraction of sp³-hybridized carbons (Fsp3) is 0.462. The molecule has 1 heterocycles. The highest BCUT2D eigenvalue weighted by molar-refractivity contribution is 6.42. The Balaban J connectivity index is 1.57. The molecule has 0 radical (unpaired) electrons. The van der Waals surface area contributed by atoms with Crippen LogP contribution >= 0.6 is 23.2 Å². The molecule has 0 aromatic heterocycles. The molecule has 1 saturated heterocycles. The summed E-state index contributed by atoms with van der Waals surface area (Å²) in [6.07, 6.45) is 2.79. The average Bonchev–Trinajstić information content (AvgIpc) is 2.76. The van der Waals surface area contributed by atoms with Crippen LogP contribution in [0.5, 0.6) is 5.75 Å². The number of aliphatic hydroxyl groups is 1. The number of hydrogen-bond donors (Lipinski definition) is 2. The lowest BCUT2D eigenvalue weighted by molar-refractivity contribution is -0.132. The number of piperidine rings is 1. The maximum Gasteiger partial charge on any atom is 0.308 e. The Hall–Kier alpha value is -2.12. The molecule has 34 heavy (non-hydrogen) atoms. The molecule has 2 fully saturated rings. The van der Waals surface area contributed by atoms with Crippen molar-refractivity contribution in [1.82, 2.24) is 10.2 Å². The summed E-state index contributed by atoms with van der Waals surface area (Å²) >= 11 is 12.1. The van der Waals surface area contributed by atoms with Crippen LogP contribution in [-0.2, 0) is 21.4 Å². The molecule has 0 bridgehead atoms. The third-order valence-corrected chi connectivity index (χ3v) is 7.94. The summed E-state index contributed by atoms with van der Waals surface area (Å²) < 4.78 is 5.33. The first-order valence-corrected chi connectivity index (χ1v) is 12.3. The number of benzene rings is 2. The van der Waals surface area contributed by atoms with Crippen molar-refractivity contribution in [3.05, 3.63) is 63.6 Å². The Morgan fingerprint density at radius 3 is 2.71 bits per heavy atom. The average molecular weight is 505 g/mol. The SMILES string of the molecule is CC(=O)Oc1cccc(C23CCN(C)CC2(O)CC[C@H](NC(=O)Cc2ccc(Cl)c(Cl)c2)C3)c1. The second-order valence-corrected chi connectivity index (χ2v) is 10.5. The van der Waals surface area contributed by atoms with Gasteiger partial charge < -0.3 is 20.1 Å². The van der Waals surface area contributed by atoms with Crippen LogP contribution in [0.2, 0.25) is 10.0 Å². The van der Waals surface area contributed by atoms with Gasteiger partial charge in [-0.25, -0.2) is 0 Å². The first-order chi connectivity index (χ1) is 16.1. The zero-order chi connectivity index (χ0) is 24.5. The Morgan fingerprint density at radius 2 is 1.97 bits per heavy atom. The molecule has 2 aromatic rings. The molecule has 1 amide bonds. The van der Waals surface area contributed by atoms with E-state index in [4.69, 9.17) is 27.9 Å². The molecule has 2 aromatic carbocycles. The molecular weight excluding hydrogens is 475 g/mol. The summed E-state index contributed by atoms with van der Waals surface area (Å²) in [6, 6.07) is 12.6. The van der Waals surface area contributed by atoms with Crippen LogP contribution in [0.4, 0.5) is 0 Å². The highest BCUT2D eigenvalue weighted by Gasteiger charge is 2.57. The van der Waals surface area contributed by atoms with E-state index in [2.05, 4.69) is 10.2 Å². The maximum absolute atomic E-state index is 12.9. The van der Waals surface area contributed by atoms with Gasteiger partial charge in [0.05, 0.1) is 22.1 Å². The number of nitrogens with one attached hydrogen (secondary N) is 1. The molecule has 4 rings (SSSR count). The third-order valence-electron chi connectivity index (χ3n) is 7.21. The van der Waals surface area contributed by atoms with E-state index in [-0.39, 0.29) is 24.3 Å². The number of halogens is 2. The van der Waals surface area contributed by atoms with Gasteiger partial charge >= 0.3 is 5.97 Å². The number of carbonyl (C=O) groups is 2. The van der Waals surface area contributed by atoms with Gasteiger partial charge in [0.1, 0.15) is 5.75 Å². The molecule has 2 unspecified atom stereocenters. The van der Waals surface area contributed by atoms with E-state index in [1.54, 1.807) is 24.3 Å². The number of likely N-dealkylation sites (N-methyl/N-ethyl adjacent to an activating group) is 1. The molecule has 1 aliphatic carbocycles. The Kier molecular flexibility index (Phi) is 7.25. The number of hydrogen-bond acceptors (Lipinski definition) is 5. The molecule has 2 aliphatic rings. The summed E-state index contributed by atoms with van der Waals surface area (Å²) in [5.41, 5.74) is 0.225. The number of carbonyl (C=O) groups excluding carboxylic acids is 2. The van der Waals surface area contributed by atoms with Gasteiger partial charge in [-0.1, -0.05) is 41.4 Å². The van der Waals surface area contributed by atoms with Crippen LogP contribution in [0, 0.1) is 0 Å². The van der Waals surface area contributed by atoms with Crippen molar-refractivity contribution in [2.75, 3.05) is 20.1 Å². The van der Waals surface area contributed by atoms with Crippen molar-refractivity contribution in [2.45, 2.75) is 56.1 Å². The Bertz CT molecular complexity index is 1090. The molecule has 0 spiro atoms. The van der Waals surface area contributed by atoms with Gasteiger partial charge in [-0.3, -0.25) is 9.59 Å². The summed E-state index contributed by atoms with van der Waals surface area (Å²) in [5.74, 6) is -0.0126. The minimum absolute atomic E-state index is 0.0867. The predicted molar refractivity (Wildman–Crippen MR) is 132 cm³/mol. The number of nitrogens with zero attached hydrogens (tertiary/aromatic N) is 1. The van der Waals surface area contributed by atoms with Crippen molar-refractivity contribution < 1.29 is 19.4 Å². The van der Waals surface area contributed by atoms with Crippen LogP contribution in [0.3, 0.4) is 0 Å². The number of likely N-dealkylation sites (tertiary alicyclic amines) is 1. The molecule has 6 nitrogen and oxygen atoms in total. The molecule has 1 saturated carbocycles. The van der Waals surface area contributed by atoms with Crippen molar-refractivity contribution in [3.8, 4) is 5.75 Å². The lowest BCUT2D eigenvalue weighted by Gasteiger charge is -2.57. The van der Waals surface area contributed by atoms with Gasteiger partial charge in [0.2, 0.25) is 5.91 Å². The number of fused-ring (bicyclic) bond motifs is 1. The fourth-order valence-corrected chi connectivity index (χ4v) is 5.95. The number of β-amino-alcohol motifs (C(OH)–C–C–N with tert-alkyl or cyclic N) is 1. The second-order valence-electron chi connectivity index (χ2n) is 9.66. The standard InChI is InChI=1S/C26H30Cl2N2O4/c1-17(31)34-21-5-3-4-19(14-21)25-10-11-30(2)16-26(25,33)9-8-20(15-25)29-24(32)13-18-6-7-22(27)23(28)12-18/h3-7,12,14,20,33H,8-11,13,15-16H2,1-2H3,(H,29,32)/t20-,25?,26?/m0/s1. The number of ether oxygens (including phenoxy) is 1. The first kappa shape index (κ1) is 25.0. The van der Waals surface area contributed by atoms with Crippen LogP contribution in [-0.4, -0.2) is 53.7 Å². The quantitative estimate of drug-likeness (QED) is 0.472. The van der Waals surface area contributed by atoms with Crippen molar-refractivity contribution in [3.63, 3.8) is 0 Å². The molecule has 182 valence electrons. The van der Waals surface area contributed by atoms with E-state index in [9.17, 15) is 14.7 Å². The zero-order valence-corrected chi connectivity index (χ0v) is 21.0. The highest BCUT2D eigenvalue weighted by Crippen LogP contribution is 2.52. The summed E-state index contributed by atoms with van der Waals surface area (Å²) in [4.78, 5) is 26.5. The van der Waals surface area contributed by atoms with Gasteiger partial charge in [-0.2, -0.15) is 0 Å². The second kappa shape index (κ2) is 9.86. The fourth-order valence-electron chi connectivity index (χ4n) is 5.63. The van der Waals surface area contributed by atoms with Gasteiger partial charge in [0, 0.05) is 24.9 Å². The van der Waals surface area contributed by atoms with Crippen LogP contribution in [0.15, 0.2) is 42.5 Å². The molecule has 1 aliphatic heterocycles. The third kappa shape index (κ3) is 5.10. The lowest BCUT2D eigenvalue weighted by atomic mass is 9.55. The number of amides is 1. The van der Waals surface area contributed by atoms with E-state index >= 15 is 0 Å². The van der Waals surface area contributed by atoms with E-state index in [1.807, 2.05) is 25.2 Å². The minimum atomic E-state index is -0.945. The minimum Gasteiger partial charge on any atom is -0.427 e. The number of rotatable bonds is 5. The monoisotopic (exact) mass is 504 g/mol. The van der Waals surface area contributed by atoms with E-state index in [0.29, 0.717) is 41.6 Å². The highest BCUT2D eigenvalue weighted by atomic mass is 35.5. The van der Waals surface area contributed by atoms with Crippen LogP contribution < -0.4 is 10.1 Å². The maximum atomic E-state index is 12.9. The number of esters is 1. The first-order valence-electron chi connectivity index (χ1n) is 11.5. The van der Waals surface area contributed by atoms with Gasteiger partial charge in [-0.15, -0.1) is 0 Å². The largest absolute Gasteiger partial charge is 0.427 e. The van der Waals surface area contributed by atoms with Crippen molar-refractivity contribution in [1.29, 1.82) is 0 Å². The van der Waals surface area contributed by atoms with E-state index < -0.39 is 11.0 Å². The smallest absolute Gasteiger partial charge is 0.308 e. The van der Waals surface area contributed by atoms with Gasteiger partial charge in [0.15, 0.2) is 0 Å². The molecule has 3 atom stereocenters. The van der Waals surface area contributed by atoms with Crippen molar-refractivity contribution >= 4 is 35.1 Å². The van der Waals surface area contributed by atoms with Gasteiger partial charge in [0.25, 0.3) is 0 Å². The van der Waals surface area contributed by atoms with E-state index in [0.717, 1.165) is 24.1 Å². The summed E-state index contributed by atoms with van der Waals surface area (Å²) in [7, 11) is 2.02. The Morgan fingerprint density at radius 1 is 1.18 bits per heavy atom. The zero-order valence-electron chi connectivity index (χ0n) is 19.4.